The van der Waals surface area contributed by atoms with Gasteiger partial charge in [0.25, 0.3) is 0 Å². The van der Waals surface area contributed by atoms with Crippen LogP contribution in [0.5, 0.6) is 0 Å². The molecule has 0 radical (unpaired) electrons. The average molecular weight is 929 g/mol. The van der Waals surface area contributed by atoms with Gasteiger partial charge in [-0.15, -0.1) is 0 Å². The number of carbonyl (C=O) groups excluding carboxylic acids is 2. The zero-order chi connectivity index (χ0) is 51.6. The Morgan fingerprint density at radius 1 is 0.580 bits per heavy atom. The van der Waals surface area contributed by atoms with Crippen LogP contribution in [0.15, 0.2) is 170 Å². The third-order valence-electron chi connectivity index (χ3n) is 15.3. The van der Waals surface area contributed by atoms with Gasteiger partial charge in [-0.3, -0.25) is 9.59 Å². The summed E-state index contributed by atoms with van der Waals surface area (Å²) in [4.78, 5) is 27.1. The summed E-state index contributed by atoms with van der Waals surface area (Å²) in [6.07, 6.45) is 5.18. The lowest BCUT2D eigenvalue weighted by Crippen LogP contribution is -2.39. The van der Waals surface area contributed by atoms with Crippen molar-refractivity contribution < 1.29 is 9.59 Å². The minimum atomic E-state index is -0.437. The van der Waals surface area contributed by atoms with E-state index < -0.39 is 5.41 Å². The van der Waals surface area contributed by atoms with E-state index in [0.29, 0.717) is 48.6 Å². The predicted molar refractivity (Wildman–Crippen MR) is 298 cm³/mol. The van der Waals surface area contributed by atoms with Gasteiger partial charge in [-0.2, -0.15) is 0 Å². The lowest BCUT2D eigenvalue weighted by molar-refractivity contribution is -0.122. The number of carbonyl (C=O) groups is 2. The molecule has 5 unspecified atom stereocenters. The smallest absolute Gasteiger partial charge is 0.193 e. The van der Waals surface area contributed by atoms with Gasteiger partial charge < -0.3 is 10.6 Å². The maximum Gasteiger partial charge on any atom is 0.193 e. The number of fused-ring (bicyclic) bond motifs is 1. The highest BCUT2D eigenvalue weighted by molar-refractivity contribution is 6.08. The van der Waals surface area contributed by atoms with Gasteiger partial charge in [0.2, 0.25) is 0 Å². The summed E-state index contributed by atoms with van der Waals surface area (Å²) in [6.45, 7) is 56.1. The molecule has 0 bridgehead atoms. The first kappa shape index (κ1) is 56.1. The van der Waals surface area contributed by atoms with E-state index in [4.69, 9.17) is 19.7 Å². The molecule has 0 fully saturated rings. The van der Waals surface area contributed by atoms with Crippen LogP contribution in [0.1, 0.15) is 149 Å². The zero-order valence-electron chi connectivity index (χ0n) is 45.1. The summed E-state index contributed by atoms with van der Waals surface area (Å²) in [7, 11) is 0. The average Bonchev–Trinajstić information content (AvgIpc) is 3.27. The zero-order valence-corrected chi connectivity index (χ0v) is 45.1. The number of allylic oxidation sites excluding steroid dienone is 5. The van der Waals surface area contributed by atoms with Crippen molar-refractivity contribution in [1.29, 1.82) is 0 Å². The van der Waals surface area contributed by atoms with Crippen molar-refractivity contribution in [3.05, 3.63) is 192 Å². The molecule has 0 saturated heterocycles. The van der Waals surface area contributed by atoms with Crippen molar-refractivity contribution in [2.24, 2.45) is 39.4 Å². The van der Waals surface area contributed by atoms with Crippen molar-refractivity contribution in [1.82, 2.24) is 10.6 Å². The SMILES string of the molecule is C=C(C)C(C)CC(C)C(C)(C)CC(=C)C(Cc1ccc(C(=O)c2ccccc2)cc1)NC(=C)C(C)(C)CC(=C)C(CC(=C)C(C)(C)CC(=O)C(C)NC(=C)C(C)(C)C)Cc1ccc2ccccc2c1. The molecule has 4 aromatic carbocycles. The Morgan fingerprint density at radius 3 is 1.74 bits per heavy atom. The van der Waals surface area contributed by atoms with Gasteiger partial charge in [-0.05, 0) is 103 Å². The first-order valence-electron chi connectivity index (χ1n) is 25.3. The van der Waals surface area contributed by atoms with E-state index in [1.807, 2.05) is 49.4 Å². The summed E-state index contributed by atoms with van der Waals surface area (Å²) in [6, 6.07) is 32.3. The fourth-order valence-electron chi connectivity index (χ4n) is 9.10. The molecular formula is C65H88N2O2. The molecule has 4 nitrogen and oxygen atoms in total. The summed E-state index contributed by atoms with van der Waals surface area (Å²) < 4.78 is 0. The summed E-state index contributed by atoms with van der Waals surface area (Å²) in [5, 5.41) is 9.74. The Hall–Kier alpha value is -5.48. The molecule has 0 aliphatic rings. The quantitative estimate of drug-likeness (QED) is 0.0462. The highest BCUT2D eigenvalue weighted by Gasteiger charge is 2.35. The van der Waals surface area contributed by atoms with Crippen molar-refractivity contribution in [2.75, 3.05) is 0 Å². The van der Waals surface area contributed by atoms with Crippen LogP contribution in [0.2, 0.25) is 0 Å². The third-order valence-corrected chi connectivity index (χ3v) is 15.3. The van der Waals surface area contributed by atoms with Gasteiger partial charge in [0, 0.05) is 39.8 Å². The van der Waals surface area contributed by atoms with E-state index in [1.54, 1.807) is 0 Å². The molecule has 0 aromatic heterocycles. The third kappa shape index (κ3) is 16.0. The molecule has 0 saturated carbocycles. The van der Waals surface area contributed by atoms with E-state index in [2.05, 4.69) is 168 Å². The van der Waals surface area contributed by atoms with Gasteiger partial charge in [-0.1, -0.05) is 235 Å². The number of hydrogen-bond acceptors (Lipinski definition) is 4. The maximum atomic E-state index is 13.7. The summed E-state index contributed by atoms with van der Waals surface area (Å²) in [5.41, 5.74) is 9.05. The van der Waals surface area contributed by atoms with E-state index in [9.17, 15) is 9.59 Å². The van der Waals surface area contributed by atoms with Gasteiger partial charge in [0.1, 0.15) is 0 Å². The van der Waals surface area contributed by atoms with Crippen molar-refractivity contribution >= 4 is 22.3 Å². The van der Waals surface area contributed by atoms with Crippen LogP contribution in [-0.4, -0.2) is 23.7 Å². The minimum Gasteiger partial charge on any atom is -0.382 e. The topological polar surface area (TPSA) is 58.2 Å². The highest BCUT2D eigenvalue weighted by atomic mass is 16.1. The molecule has 0 spiro atoms. The molecule has 0 aliphatic carbocycles. The van der Waals surface area contributed by atoms with Crippen LogP contribution in [0.25, 0.3) is 10.8 Å². The first-order valence-corrected chi connectivity index (χ1v) is 25.3. The fourth-order valence-corrected chi connectivity index (χ4v) is 9.10. The van der Waals surface area contributed by atoms with Crippen molar-refractivity contribution in [3.63, 3.8) is 0 Å². The van der Waals surface area contributed by atoms with Gasteiger partial charge in [-0.25, -0.2) is 0 Å². The second-order valence-corrected chi connectivity index (χ2v) is 23.7. The van der Waals surface area contributed by atoms with Gasteiger partial charge in [0.15, 0.2) is 11.6 Å². The molecule has 4 heteroatoms. The minimum absolute atomic E-state index is 0.00976. The van der Waals surface area contributed by atoms with E-state index in [0.717, 1.165) is 52.9 Å². The van der Waals surface area contributed by atoms with Crippen LogP contribution in [0.4, 0.5) is 0 Å². The number of rotatable bonds is 27. The van der Waals surface area contributed by atoms with Crippen molar-refractivity contribution in [3.8, 4) is 0 Å². The van der Waals surface area contributed by atoms with Crippen LogP contribution in [0.3, 0.4) is 0 Å². The lowest BCUT2D eigenvalue weighted by atomic mass is 9.70. The van der Waals surface area contributed by atoms with Crippen molar-refractivity contribution in [2.45, 2.75) is 147 Å². The van der Waals surface area contributed by atoms with E-state index >= 15 is 0 Å². The molecule has 0 amide bonds. The van der Waals surface area contributed by atoms with Crippen LogP contribution < -0.4 is 10.6 Å². The molecule has 4 rings (SSSR count). The second-order valence-electron chi connectivity index (χ2n) is 23.7. The Labute approximate surface area is 419 Å². The number of ketones is 2. The number of Topliss-reactive ketones (excluding diaryl/α,β-unsaturated/α-hetero) is 1. The van der Waals surface area contributed by atoms with E-state index in [-0.39, 0.29) is 45.8 Å². The molecule has 5 atom stereocenters. The highest BCUT2D eigenvalue weighted by Crippen LogP contribution is 2.43. The van der Waals surface area contributed by atoms with Crippen LogP contribution in [-0.2, 0) is 17.6 Å². The molecule has 4 aromatic rings. The molecular weight excluding hydrogens is 841 g/mol. The Balaban J connectivity index is 1.61. The second kappa shape index (κ2) is 23.4. The first-order chi connectivity index (χ1) is 32.0. The summed E-state index contributed by atoms with van der Waals surface area (Å²) >= 11 is 0. The van der Waals surface area contributed by atoms with Gasteiger partial charge in [0.05, 0.1) is 12.1 Å². The summed E-state index contributed by atoms with van der Waals surface area (Å²) in [5.74, 6) is 1.11. The Kier molecular flexibility index (Phi) is 19.0. The fraction of sp³-hybridized carbons (Fsp3) is 0.446. The molecule has 0 heterocycles. The number of benzene rings is 4. The Morgan fingerprint density at radius 2 is 1.14 bits per heavy atom. The Bertz CT molecular complexity index is 2490. The standard InChI is InChI=1S/C65H88N2O2/c1-43(2)44(3)35-47(6)63(14,15)41-46(5)59(39-52-29-33-56(34-30-52)61(69)55-26-21-20-22-27-55)67-51(10)65(18,19)40-45(4)58(38-53-31-32-54-25-23-24-28-57(54)37-53)36-48(7)64(16,17)42-60(68)49(8)66-50(9)62(11,12)13/h20-34,37,44,47,49,58-59,66-67H,1,4-5,7,9-10,35-36,38-42H2,2-3,6,8,11-19H3. The van der Waals surface area contributed by atoms with Gasteiger partial charge >= 0.3 is 0 Å². The molecule has 0 aliphatic heterocycles. The molecule has 69 heavy (non-hydrogen) atoms. The number of nitrogens with one attached hydrogen (secondary N) is 2. The van der Waals surface area contributed by atoms with E-state index in [1.165, 1.54) is 21.9 Å². The van der Waals surface area contributed by atoms with Crippen LogP contribution >= 0.6 is 0 Å². The maximum absolute atomic E-state index is 13.7. The predicted octanol–water partition coefficient (Wildman–Crippen LogP) is 16.6. The lowest BCUT2D eigenvalue weighted by Gasteiger charge is -2.39. The van der Waals surface area contributed by atoms with Crippen LogP contribution in [0, 0.1) is 39.4 Å². The largest absolute Gasteiger partial charge is 0.382 e. The normalized spacial score (nSPS) is 14.4. The number of hydrogen-bond donors (Lipinski definition) is 2. The monoisotopic (exact) mass is 929 g/mol. The molecule has 370 valence electrons. The molecule has 2 N–H and O–H groups in total.